The number of rotatable bonds is 4. The van der Waals surface area contributed by atoms with Gasteiger partial charge < -0.3 is 0 Å². The molecule has 1 unspecified atom stereocenters. The van der Waals surface area contributed by atoms with E-state index in [0.717, 1.165) is 10.7 Å². The number of aryl methyl sites for hydroxylation is 1. The molecule has 0 aromatic carbocycles. The summed E-state index contributed by atoms with van der Waals surface area (Å²) in [7, 11) is 0. The summed E-state index contributed by atoms with van der Waals surface area (Å²) in [6, 6.07) is -0.421. The van der Waals surface area contributed by atoms with Crippen LogP contribution in [-0.4, -0.2) is 9.97 Å². The van der Waals surface area contributed by atoms with Crippen LogP contribution in [-0.2, 0) is 12.6 Å². The standard InChI is InChI=1S/C10H11F3N4S2/c1-5-16-6(4-18-5)2-7(17-14)8-3-15-9(19-8)10(11,12)13/h3-4,7,17H,2,14H2,1H3. The molecule has 0 radical (unpaired) electrons. The van der Waals surface area contributed by atoms with Crippen molar-refractivity contribution in [3.63, 3.8) is 0 Å². The van der Waals surface area contributed by atoms with Gasteiger partial charge in [-0.15, -0.1) is 22.7 Å². The third-order valence-corrected chi connectivity index (χ3v) is 4.37. The predicted octanol–water partition coefficient (Wildman–Crippen LogP) is 2.67. The highest BCUT2D eigenvalue weighted by atomic mass is 32.1. The summed E-state index contributed by atoms with van der Waals surface area (Å²) in [4.78, 5) is 8.09. The lowest BCUT2D eigenvalue weighted by Gasteiger charge is -2.11. The summed E-state index contributed by atoms with van der Waals surface area (Å²) in [5, 5.41) is 1.91. The summed E-state index contributed by atoms with van der Waals surface area (Å²) in [5.74, 6) is 5.40. The second kappa shape index (κ2) is 5.53. The van der Waals surface area contributed by atoms with Gasteiger partial charge in [0.1, 0.15) is 0 Å². The van der Waals surface area contributed by atoms with E-state index in [9.17, 15) is 13.2 Å². The van der Waals surface area contributed by atoms with E-state index in [1.54, 1.807) is 0 Å². The van der Waals surface area contributed by atoms with Crippen molar-refractivity contribution in [2.75, 3.05) is 0 Å². The number of hydrogen-bond donors (Lipinski definition) is 2. The van der Waals surface area contributed by atoms with E-state index in [1.165, 1.54) is 17.5 Å². The molecular weight excluding hydrogens is 297 g/mol. The van der Waals surface area contributed by atoms with Crippen molar-refractivity contribution in [1.29, 1.82) is 0 Å². The van der Waals surface area contributed by atoms with Crippen LogP contribution in [0.2, 0.25) is 0 Å². The molecule has 19 heavy (non-hydrogen) atoms. The Morgan fingerprint density at radius 2 is 2.21 bits per heavy atom. The van der Waals surface area contributed by atoms with Gasteiger partial charge in [0, 0.05) is 22.9 Å². The van der Waals surface area contributed by atoms with Gasteiger partial charge in [0.05, 0.1) is 16.7 Å². The van der Waals surface area contributed by atoms with Gasteiger partial charge in [-0.1, -0.05) is 0 Å². The van der Waals surface area contributed by atoms with Crippen molar-refractivity contribution >= 4 is 22.7 Å². The van der Waals surface area contributed by atoms with Crippen molar-refractivity contribution in [3.8, 4) is 0 Å². The molecule has 2 heterocycles. The maximum absolute atomic E-state index is 12.5. The van der Waals surface area contributed by atoms with Crippen molar-refractivity contribution in [1.82, 2.24) is 15.4 Å². The number of alkyl halides is 3. The Morgan fingerprint density at radius 1 is 1.47 bits per heavy atom. The summed E-state index contributed by atoms with van der Waals surface area (Å²) < 4.78 is 37.5. The number of nitrogens with two attached hydrogens (primary N) is 1. The third kappa shape index (κ3) is 3.50. The minimum Gasteiger partial charge on any atom is -0.271 e. The molecule has 0 fully saturated rings. The molecule has 2 aromatic rings. The zero-order valence-corrected chi connectivity index (χ0v) is 11.5. The fourth-order valence-electron chi connectivity index (χ4n) is 1.53. The van der Waals surface area contributed by atoms with Crippen molar-refractivity contribution in [2.45, 2.75) is 25.6 Å². The molecule has 0 spiro atoms. The lowest BCUT2D eigenvalue weighted by atomic mass is 10.1. The minimum atomic E-state index is -4.42. The number of aromatic nitrogens is 2. The highest BCUT2D eigenvalue weighted by molar-refractivity contribution is 7.11. The zero-order chi connectivity index (χ0) is 14.0. The first-order chi connectivity index (χ1) is 8.90. The fourth-order valence-corrected chi connectivity index (χ4v) is 3.00. The van der Waals surface area contributed by atoms with Gasteiger partial charge in [0.25, 0.3) is 0 Å². The van der Waals surface area contributed by atoms with Crippen LogP contribution in [0.5, 0.6) is 0 Å². The lowest BCUT2D eigenvalue weighted by molar-refractivity contribution is -0.137. The van der Waals surface area contributed by atoms with E-state index in [4.69, 9.17) is 5.84 Å². The monoisotopic (exact) mass is 308 g/mol. The number of thiazole rings is 2. The smallest absolute Gasteiger partial charge is 0.271 e. The van der Waals surface area contributed by atoms with Gasteiger partial charge in [-0.25, -0.2) is 9.97 Å². The van der Waals surface area contributed by atoms with Crippen molar-refractivity contribution in [2.24, 2.45) is 5.84 Å². The van der Waals surface area contributed by atoms with Crippen LogP contribution in [0, 0.1) is 6.92 Å². The maximum atomic E-state index is 12.5. The van der Waals surface area contributed by atoms with Crippen LogP contribution in [0.15, 0.2) is 11.6 Å². The molecule has 2 aromatic heterocycles. The number of nitrogens with zero attached hydrogens (tertiary/aromatic N) is 2. The van der Waals surface area contributed by atoms with E-state index >= 15 is 0 Å². The molecule has 0 aliphatic heterocycles. The molecule has 0 aliphatic carbocycles. The number of halogens is 3. The fraction of sp³-hybridized carbons (Fsp3) is 0.400. The van der Waals surface area contributed by atoms with Crippen LogP contribution in [0.1, 0.15) is 26.6 Å². The molecule has 4 nitrogen and oxygen atoms in total. The maximum Gasteiger partial charge on any atom is 0.443 e. The Kier molecular flexibility index (Phi) is 4.19. The van der Waals surface area contributed by atoms with Crippen LogP contribution in [0.4, 0.5) is 13.2 Å². The second-order valence-corrected chi connectivity index (χ2v) is 5.97. The van der Waals surface area contributed by atoms with Gasteiger partial charge in [-0.3, -0.25) is 11.3 Å². The van der Waals surface area contributed by atoms with E-state index in [1.807, 2.05) is 12.3 Å². The predicted molar refractivity (Wildman–Crippen MR) is 67.7 cm³/mol. The Hall–Kier alpha value is -1.03. The van der Waals surface area contributed by atoms with Gasteiger partial charge >= 0.3 is 6.18 Å². The summed E-state index contributed by atoms with van der Waals surface area (Å²) in [6.45, 7) is 1.87. The molecule has 0 amide bonds. The second-order valence-electron chi connectivity index (χ2n) is 3.85. The van der Waals surface area contributed by atoms with E-state index in [2.05, 4.69) is 15.4 Å². The number of hydrogen-bond acceptors (Lipinski definition) is 6. The van der Waals surface area contributed by atoms with Crippen molar-refractivity contribution < 1.29 is 13.2 Å². The normalized spacial score (nSPS) is 13.7. The van der Waals surface area contributed by atoms with Crippen LogP contribution in [0.3, 0.4) is 0 Å². The molecule has 0 saturated carbocycles. The molecule has 0 aliphatic rings. The first kappa shape index (κ1) is 14.4. The largest absolute Gasteiger partial charge is 0.443 e. The van der Waals surface area contributed by atoms with Gasteiger partial charge in [0.2, 0.25) is 0 Å². The quantitative estimate of drug-likeness (QED) is 0.673. The highest BCUT2D eigenvalue weighted by Crippen LogP contribution is 2.34. The van der Waals surface area contributed by atoms with Crippen LogP contribution < -0.4 is 11.3 Å². The Balaban J connectivity index is 2.15. The van der Waals surface area contributed by atoms with Crippen LogP contribution >= 0.6 is 22.7 Å². The highest BCUT2D eigenvalue weighted by Gasteiger charge is 2.35. The molecule has 0 bridgehead atoms. The molecule has 104 valence electrons. The van der Waals surface area contributed by atoms with E-state index < -0.39 is 17.2 Å². The Morgan fingerprint density at radius 3 is 2.68 bits per heavy atom. The number of hydrazine groups is 1. The molecule has 9 heteroatoms. The first-order valence-electron chi connectivity index (χ1n) is 5.30. The molecular formula is C10H11F3N4S2. The molecule has 1 atom stereocenters. The SMILES string of the molecule is Cc1nc(CC(NN)c2cnc(C(F)(F)F)s2)cs1. The van der Waals surface area contributed by atoms with Gasteiger partial charge in [-0.2, -0.15) is 13.2 Å². The van der Waals surface area contributed by atoms with Crippen molar-refractivity contribution in [3.05, 3.63) is 32.2 Å². The topological polar surface area (TPSA) is 63.8 Å². The average Bonchev–Trinajstić information content (AvgIpc) is 2.94. The van der Waals surface area contributed by atoms with Gasteiger partial charge in [0.15, 0.2) is 5.01 Å². The average molecular weight is 308 g/mol. The van der Waals surface area contributed by atoms with Gasteiger partial charge in [-0.05, 0) is 6.92 Å². The molecule has 2 rings (SSSR count). The lowest BCUT2D eigenvalue weighted by Crippen LogP contribution is -2.29. The number of nitrogens with one attached hydrogen (secondary N) is 1. The van der Waals surface area contributed by atoms with E-state index in [0.29, 0.717) is 22.6 Å². The van der Waals surface area contributed by atoms with E-state index in [-0.39, 0.29) is 0 Å². The third-order valence-electron chi connectivity index (χ3n) is 2.39. The zero-order valence-electron chi connectivity index (χ0n) is 9.86. The van der Waals surface area contributed by atoms with Crippen LogP contribution in [0.25, 0.3) is 0 Å². The Labute approximate surface area is 115 Å². The molecule has 3 N–H and O–H groups in total. The molecule has 0 saturated heterocycles. The Bertz CT molecular complexity index is 549. The first-order valence-corrected chi connectivity index (χ1v) is 7.00. The minimum absolute atomic E-state index is 0.421. The summed E-state index contributed by atoms with van der Waals surface area (Å²) >= 11 is 2.09. The summed E-state index contributed by atoms with van der Waals surface area (Å²) in [5.41, 5.74) is 3.31. The summed E-state index contributed by atoms with van der Waals surface area (Å²) in [6.07, 6.45) is -2.78.